The molecule has 0 aliphatic carbocycles. The fourth-order valence-corrected chi connectivity index (χ4v) is 4.72. The molecule has 1 unspecified atom stereocenters. The van der Waals surface area contributed by atoms with Gasteiger partial charge in [0.1, 0.15) is 10.6 Å². The first-order valence-corrected chi connectivity index (χ1v) is 9.92. The van der Waals surface area contributed by atoms with E-state index in [-0.39, 0.29) is 10.8 Å². The van der Waals surface area contributed by atoms with Gasteiger partial charge in [-0.3, -0.25) is 9.52 Å². The predicted molar refractivity (Wildman–Crippen MR) is 97.8 cm³/mol. The number of carbonyl (C=O) groups excluding carboxylic acids is 1. The van der Waals surface area contributed by atoms with Gasteiger partial charge in [-0.1, -0.05) is 15.9 Å². The van der Waals surface area contributed by atoms with Crippen molar-refractivity contribution in [3.8, 4) is 5.75 Å². The fraction of sp³-hybridized carbons (Fsp3) is 0.133. The Hall–Kier alpha value is -1.58. The first-order valence-electron chi connectivity index (χ1n) is 6.86. The number of rotatable bonds is 3. The Morgan fingerprint density at radius 3 is 2.67 bits per heavy atom. The highest BCUT2D eigenvalue weighted by Crippen LogP contribution is 2.33. The van der Waals surface area contributed by atoms with Crippen LogP contribution in [-0.2, 0) is 14.8 Å². The number of hydrogen-bond acceptors (Lipinski definition) is 4. The lowest BCUT2D eigenvalue weighted by molar-refractivity contribution is -0.122. The van der Waals surface area contributed by atoms with Crippen molar-refractivity contribution < 1.29 is 17.9 Å². The van der Waals surface area contributed by atoms with Crippen LogP contribution in [0.4, 0.5) is 11.4 Å². The molecular weight excluding hydrogens is 464 g/mol. The van der Waals surface area contributed by atoms with Crippen molar-refractivity contribution in [3.63, 3.8) is 0 Å². The van der Waals surface area contributed by atoms with Crippen molar-refractivity contribution in [2.24, 2.45) is 0 Å². The Balaban J connectivity index is 1.92. The van der Waals surface area contributed by atoms with Crippen molar-refractivity contribution in [1.82, 2.24) is 0 Å². The molecule has 1 aliphatic rings. The van der Waals surface area contributed by atoms with E-state index in [1.54, 1.807) is 31.2 Å². The summed E-state index contributed by atoms with van der Waals surface area (Å²) in [7, 11) is -3.80. The number of amides is 1. The minimum absolute atomic E-state index is 0.100. The molecule has 1 heterocycles. The number of sulfonamides is 1. The molecule has 1 amide bonds. The SMILES string of the molecule is CC1Oc2ccc(NS(=O)(=O)c3cc(Br)ccc3Br)cc2NC1=O. The van der Waals surface area contributed by atoms with Gasteiger partial charge in [-0.25, -0.2) is 8.42 Å². The Morgan fingerprint density at radius 1 is 1.17 bits per heavy atom. The maximum Gasteiger partial charge on any atom is 0.265 e. The fourth-order valence-electron chi connectivity index (χ4n) is 2.17. The number of nitrogens with one attached hydrogen (secondary N) is 2. The average Bonchev–Trinajstić information content (AvgIpc) is 2.50. The molecule has 0 saturated carbocycles. The van der Waals surface area contributed by atoms with E-state index in [1.165, 1.54) is 12.1 Å². The van der Waals surface area contributed by atoms with Crippen LogP contribution >= 0.6 is 31.9 Å². The van der Waals surface area contributed by atoms with Gasteiger partial charge in [0.15, 0.2) is 6.10 Å². The Bertz CT molecular complexity index is 931. The van der Waals surface area contributed by atoms with Crippen LogP contribution in [0.15, 0.2) is 50.2 Å². The van der Waals surface area contributed by atoms with Gasteiger partial charge in [0.25, 0.3) is 15.9 Å². The normalized spacial score (nSPS) is 16.8. The van der Waals surface area contributed by atoms with Crippen molar-refractivity contribution in [3.05, 3.63) is 45.3 Å². The standard InChI is InChI=1S/C15H12Br2N2O4S/c1-8-15(20)18-12-7-10(3-5-13(12)23-8)19-24(21,22)14-6-9(16)2-4-11(14)17/h2-8,19H,1H3,(H,18,20). The third-order valence-corrected chi connectivity index (χ3v) is 6.21. The zero-order valence-corrected chi connectivity index (χ0v) is 16.3. The van der Waals surface area contributed by atoms with E-state index in [0.717, 1.165) is 0 Å². The molecule has 2 N–H and O–H groups in total. The van der Waals surface area contributed by atoms with Crippen molar-refractivity contribution >= 4 is 59.2 Å². The molecule has 9 heteroatoms. The molecule has 0 saturated heterocycles. The lowest BCUT2D eigenvalue weighted by Gasteiger charge is -2.23. The van der Waals surface area contributed by atoms with Crippen LogP contribution in [0, 0.1) is 0 Å². The highest BCUT2D eigenvalue weighted by atomic mass is 79.9. The average molecular weight is 476 g/mol. The number of benzene rings is 2. The summed E-state index contributed by atoms with van der Waals surface area (Å²) in [6, 6.07) is 9.57. The van der Waals surface area contributed by atoms with E-state index in [1.807, 2.05) is 0 Å². The largest absolute Gasteiger partial charge is 0.479 e. The van der Waals surface area contributed by atoms with E-state index in [4.69, 9.17) is 4.74 Å². The molecule has 2 aromatic rings. The third kappa shape index (κ3) is 3.42. The lowest BCUT2D eigenvalue weighted by Crippen LogP contribution is -2.34. The molecule has 2 aromatic carbocycles. The Morgan fingerprint density at radius 2 is 1.92 bits per heavy atom. The molecule has 1 aliphatic heterocycles. The van der Waals surface area contributed by atoms with E-state index in [9.17, 15) is 13.2 Å². The van der Waals surface area contributed by atoms with Crippen LogP contribution in [0.1, 0.15) is 6.92 Å². The molecule has 6 nitrogen and oxygen atoms in total. The van der Waals surface area contributed by atoms with Gasteiger partial charge in [-0.15, -0.1) is 0 Å². The molecule has 0 radical (unpaired) electrons. The van der Waals surface area contributed by atoms with Crippen LogP contribution in [0.5, 0.6) is 5.75 Å². The number of halogens is 2. The molecule has 0 aromatic heterocycles. The zero-order chi connectivity index (χ0) is 17.5. The Kier molecular flexibility index (Phi) is 4.58. The van der Waals surface area contributed by atoms with Crippen LogP contribution in [-0.4, -0.2) is 20.4 Å². The summed E-state index contributed by atoms with van der Waals surface area (Å²) >= 11 is 6.50. The highest BCUT2D eigenvalue weighted by Gasteiger charge is 2.24. The van der Waals surface area contributed by atoms with Crippen molar-refractivity contribution in [2.45, 2.75) is 17.9 Å². The summed E-state index contributed by atoms with van der Waals surface area (Å²) < 4.78 is 34.2. The van der Waals surface area contributed by atoms with E-state index in [2.05, 4.69) is 41.9 Å². The molecule has 3 rings (SSSR count). The first-order chi connectivity index (χ1) is 11.3. The van der Waals surface area contributed by atoms with Crippen molar-refractivity contribution in [2.75, 3.05) is 10.0 Å². The summed E-state index contributed by atoms with van der Waals surface area (Å²) in [6.45, 7) is 1.64. The summed E-state index contributed by atoms with van der Waals surface area (Å²) in [4.78, 5) is 11.8. The first kappa shape index (κ1) is 17.2. The smallest absolute Gasteiger partial charge is 0.265 e. The zero-order valence-electron chi connectivity index (χ0n) is 12.3. The number of hydrogen-bond donors (Lipinski definition) is 2. The highest BCUT2D eigenvalue weighted by molar-refractivity contribution is 9.11. The van der Waals surface area contributed by atoms with Gasteiger partial charge in [0.2, 0.25) is 0 Å². The van der Waals surface area contributed by atoms with Gasteiger partial charge in [0, 0.05) is 8.95 Å². The molecule has 1 atom stereocenters. The monoisotopic (exact) mass is 474 g/mol. The summed E-state index contributed by atoms with van der Waals surface area (Å²) in [5.74, 6) is 0.214. The van der Waals surface area contributed by atoms with E-state index < -0.39 is 16.1 Å². The summed E-state index contributed by atoms with van der Waals surface area (Å²) in [5, 5.41) is 2.68. The number of anilines is 2. The van der Waals surface area contributed by atoms with Gasteiger partial charge in [-0.2, -0.15) is 0 Å². The number of fused-ring (bicyclic) bond motifs is 1. The van der Waals surface area contributed by atoms with Gasteiger partial charge in [0.05, 0.1) is 11.4 Å². The van der Waals surface area contributed by atoms with Crippen LogP contribution in [0.3, 0.4) is 0 Å². The lowest BCUT2D eigenvalue weighted by atomic mass is 10.2. The topological polar surface area (TPSA) is 84.5 Å². The molecule has 24 heavy (non-hydrogen) atoms. The quantitative estimate of drug-likeness (QED) is 0.708. The molecule has 126 valence electrons. The third-order valence-electron chi connectivity index (χ3n) is 3.35. The van der Waals surface area contributed by atoms with Gasteiger partial charge in [-0.05, 0) is 59.3 Å². The predicted octanol–water partition coefficient (Wildman–Crippen LogP) is 3.73. The minimum Gasteiger partial charge on any atom is -0.479 e. The summed E-state index contributed by atoms with van der Waals surface area (Å²) in [6.07, 6.45) is -0.585. The summed E-state index contributed by atoms with van der Waals surface area (Å²) in [5.41, 5.74) is 0.741. The van der Waals surface area contributed by atoms with E-state index in [0.29, 0.717) is 26.1 Å². The molecular formula is C15H12Br2N2O4S. The minimum atomic E-state index is -3.80. The maximum absolute atomic E-state index is 12.6. The maximum atomic E-state index is 12.6. The number of carbonyl (C=O) groups is 1. The molecule has 0 fully saturated rings. The second kappa shape index (κ2) is 6.38. The second-order valence-electron chi connectivity index (χ2n) is 5.14. The Labute approximate surface area is 155 Å². The number of ether oxygens (including phenoxy) is 1. The van der Waals surface area contributed by atoms with Crippen LogP contribution in [0.2, 0.25) is 0 Å². The van der Waals surface area contributed by atoms with Crippen molar-refractivity contribution in [1.29, 1.82) is 0 Å². The van der Waals surface area contributed by atoms with Crippen LogP contribution in [0.25, 0.3) is 0 Å². The van der Waals surface area contributed by atoms with Crippen LogP contribution < -0.4 is 14.8 Å². The van der Waals surface area contributed by atoms with E-state index >= 15 is 0 Å². The van der Waals surface area contributed by atoms with Gasteiger partial charge < -0.3 is 10.1 Å². The second-order valence-corrected chi connectivity index (χ2v) is 8.56. The molecule has 0 bridgehead atoms. The van der Waals surface area contributed by atoms with Gasteiger partial charge >= 0.3 is 0 Å². The molecule has 0 spiro atoms.